The lowest BCUT2D eigenvalue weighted by Crippen LogP contribution is -2.41. The lowest BCUT2D eigenvalue weighted by molar-refractivity contribution is -0.387. The molecule has 0 saturated heterocycles. The van der Waals surface area contributed by atoms with Gasteiger partial charge in [0.25, 0.3) is 15.7 Å². The molecule has 1 N–H and O–H groups in total. The molecule has 2 rings (SSSR count). The number of nitrogens with zero attached hydrogens (tertiary/aromatic N) is 2. The lowest BCUT2D eigenvalue weighted by atomic mass is 10.2. The van der Waals surface area contributed by atoms with Gasteiger partial charge in [-0.2, -0.15) is 0 Å². The Morgan fingerprint density at radius 1 is 1.12 bits per heavy atom. The molecule has 0 aliphatic rings. The van der Waals surface area contributed by atoms with Gasteiger partial charge in [-0.3, -0.25) is 19.2 Å². The largest absolute Gasteiger partial charge is 0.497 e. The molecule has 0 aromatic heterocycles. The van der Waals surface area contributed by atoms with Gasteiger partial charge in [0, 0.05) is 32.4 Å². The van der Waals surface area contributed by atoms with Crippen LogP contribution in [0.3, 0.4) is 0 Å². The summed E-state index contributed by atoms with van der Waals surface area (Å²) in [6.45, 7) is 0.0701. The average Bonchev–Trinajstić information content (AvgIpc) is 2.79. The maximum atomic E-state index is 13.5. The fourth-order valence-electron chi connectivity index (χ4n) is 2.87. The molecule has 0 atom stereocenters. The third-order valence-electron chi connectivity index (χ3n) is 4.42. The van der Waals surface area contributed by atoms with Crippen molar-refractivity contribution in [3.8, 4) is 11.5 Å². The Kier molecular flexibility index (Phi) is 8.79. The Morgan fingerprint density at radius 2 is 1.84 bits per heavy atom. The van der Waals surface area contributed by atoms with Gasteiger partial charge in [-0.1, -0.05) is 12.1 Å². The molecule has 0 bridgehead atoms. The van der Waals surface area contributed by atoms with Crippen molar-refractivity contribution in [3.63, 3.8) is 0 Å². The number of sulfonamides is 1. The average molecular weight is 468 g/mol. The third kappa shape index (κ3) is 5.86. The number of amides is 1. The molecule has 12 heteroatoms. The monoisotopic (exact) mass is 467 g/mol. The number of para-hydroxylation sites is 1. The molecule has 1 amide bonds. The highest BCUT2D eigenvalue weighted by Gasteiger charge is 2.34. The number of rotatable bonds is 12. The maximum Gasteiger partial charge on any atom is 0.289 e. The summed E-state index contributed by atoms with van der Waals surface area (Å²) in [5.41, 5.74) is -0.580. The number of methoxy groups -OCH3 is 3. The van der Waals surface area contributed by atoms with E-state index in [2.05, 4.69) is 5.32 Å². The van der Waals surface area contributed by atoms with Gasteiger partial charge in [0.1, 0.15) is 18.0 Å². The van der Waals surface area contributed by atoms with E-state index in [-0.39, 0.29) is 18.0 Å². The van der Waals surface area contributed by atoms with Crippen LogP contribution in [0.1, 0.15) is 6.42 Å². The van der Waals surface area contributed by atoms with E-state index >= 15 is 0 Å². The van der Waals surface area contributed by atoms with Crippen LogP contribution in [-0.4, -0.2) is 60.3 Å². The van der Waals surface area contributed by atoms with Crippen LogP contribution in [0.2, 0.25) is 0 Å². The lowest BCUT2D eigenvalue weighted by Gasteiger charge is -2.25. The second-order valence-electron chi connectivity index (χ2n) is 6.47. The molecule has 0 fully saturated rings. The molecule has 0 saturated carbocycles. The molecule has 174 valence electrons. The van der Waals surface area contributed by atoms with Crippen LogP contribution in [0.5, 0.6) is 11.5 Å². The van der Waals surface area contributed by atoms with Crippen LogP contribution < -0.4 is 19.1 Å². The van der Waals surface area contributed by atoms with Crippen molar-refractivity contribution in [3.05, 3.63) is 52.6 Å². The van der Waals surface area contributed by atoms with E-state index in [1.807, 2.05) is 0 Å². The predicted octanol–water partition coefficient (Wildman–Crippen LogP) is 1.96. The number of carbonyl (C=O) groups excluding carboxylic acids is 1. The van der Waals surface area contributed by atoms with Crippen LogP contribution >= 0.6 is 0 Å². The summed E-state index contributed by atoms with van der Waals surface area (Å²) in [6, 6.07) is 9.28. The zero-order valence-corrected chi connectivity index (χ0v) is 18.8. The zero-order valence-electron chi connectivity index (χ0n) is 17.9. The molecule has 0 radical (unpaired) electrons. The molecule has 0 spiro atoms. The van der Waals surface area contributed by atoms with Crippen molar-refractivity contribution in [1.82, 2.24) is 5.32 Å². The maximum absolute atomic E-state index is 13.5. The number of anilines is 1. The summed E-state index contributed by atoms with van der Waals surface area (Å²) >= 11 is 0. The topological polar surface area (TPSA) is 137 Å². The van der Waals surface area contributed by atoms with E-state index in [1.54, 1.807) is 0 Å². The summed E-state index contributed by atoms with van der Waals surface area (Å²) in [4.78, 5) is 22.7. The Labute approximate surface area is 186 Å². The van der Waals surface area contributed by atoms with Crippen molar-refractivity contribution in [1.29, 1.82) is 0 Å². The van der Waals surface area contributed by atoms with E-state index in [4.69, 9.17) is 14.2 Å². The molecule has 0 aliphatic carbocycles. The van der Waals surface area contributed by atoms with E-state index < -0.39 is 38.0 Å². The van der Waals surface area contributed by atoms with Gasteiger partial charge in [0.2, 0.25) is 5.91 Å². The first-order valence-corrected chi connectivity index (χ1v) is 10.9. The standard InChI is InChI=1S/C20H25N3O8S/c1-29-12-6-11-21-20(24)14-22(16-10-9-15(30-2)13-18(16)31-3)32(27,28)19-8-5-4-7-17(19)23(25)26/h4-5,7-10,13H,6,11-12,14H2,1-3H3,(H,21,24). The molecular formula is C20H25N3O8S. The van der Waals surface area contributed by atoms with Crippen molar-refractivity contribution in [2.24, 2.45) is 0 Å². The predicted molar refractivity (Wildman–Crippen MR) is 117 cm³/mol. The minimum atomic E-state index is -4.53. The summed E-state index contributed by atoms with van der Waals surface area (Å²) in [6.07, 6.45) is 0.533. The minimum absolute atomic E-state index is 0.0264. The summed E-state index contributed by atoms with van der Waals surface area (Å²) in [5, 5.41) is 14.1. The first-order valence-electron chi connectivity index (χ1n) is 9.50. The molecular weight excluding hydrogens is 442 g/mol. The smallest absolute Gasteiger partial charge is 0.289 e. The first-order chi connectivity index (χ1) is 15.3. The van der Waals surface area contributed by atoms with Crippen molar-refractivity contribution in [2.75, 3.05) is 45.3 Å². The van der Waals surface area contributed by atoms with Gasteiger partial charge in [-0.05, 0) is 24.6 Å². The van der Waals surface area contributed by atoms with Gasteiger partial charge in [-0.15, -0.1) is 0 Å². The van der Waals surface area contributed by atoms with Gasteiger partial charge < -0.3 is 19.5 Å². The Hall–Kier alpha value is -3.38. The number of carbonyl (C=O) groups is 1. The highest BCUT2D eigenvalue weighted by Crippen LogP contribution is 2.37. The summed E-state index contributed by atoms with van der Waals surface area (Å²) in [7, 11) is -0.234. The van der Waals surface area contributed by atoms with Crippen molar-refractivity contribution < 1.29 is 32.3 Å². The zero-order chi connectivity index (χ0) is 23.7. The first kappa shape index (κ1) is 24.9. The molecule has 0 heterocycles. The number of nitro benzene ring substituents is 1. The second-order valence-corrected chi connectivity index (χ2v) is 8.30. The Balaban J connectivity index is 2.54. The molecule has 2 aromatic carbocycles. The van der Waals surface area contributed by atoms with Gasteiger partial charge >= 0.3 is 0 Å². The van der Waals surface area contributed by atoms with Crippen LogP contribution in [-0.2, 0) is 19.6 Å². The molecule has 32 heavy (non-hydrogen) atoms. The molecule has 2 aromatic rings. The summed E-state index contributed by atoms with van der Waals surface area (Å²) in [5.74, 6) is -0.0857. The van der Waals surface area contributed by atoms with Crippen molar-refractivity contribution in [2.45, 2.75) is 11.3 Å². The number of ether oxygens (including phenoxy) is 3. The minimum Gasteiger partial charge on any atom is -0.497 e. The van der Waals surface area contributed by atoms with E-state index in [1.165, 1.54) is 51.7 Å². The van der Waals surface area contributed by atoms with E-state index in [0.717, 1.165) is 16.4 Å². The summed E-state index contributed by atoms with van der Waals surface area (Å²) < 4.78 is 43.2. The van der Waals surface area contributed by atoms with Crippen LogP contribution in [0.15, 0.2) is 47.4 Å². The molecule has 0 aliphatic heterocycles. The number of benzene rings is 2. The number of hydrogen-bond acceptors (Lipinski definition) is 8. The van der Waals surface area contributed by atoms with Crippen LogP contribution in [0, 0.1) is 10.1 Å². The Bertz CT molecular complexity index is 1060. The molecule has 0 unspecified atom stereocenters. The van der Waals surface area contributed by atoms with Gasteiger partial charge in [0.15, 0.2) is 4.90 Å². The highest BCUT2D eigenvalue weighted by atomic mass is 32.2. The fraction of sp³-hybridized carbons (Fsp3) is 0.350. The van der Waals surface area contributed by atoms with Crippen LogP contribution in [0.25, 0.3) is 0 Å². The van der Waals surface area contributed by atoms with Crippen molar-refractivity contribution >= 4 is 27.3 Å². The van der Waals surface area contributed by atoms with Gasteiger partial charge in [-0.25, -0.2) is 8.42 Å². The number of nitro groups is 1. The molecule has 11 nitrogen and oxygen atoms in total. The third-order valence-corrected chi connectivity index (χ3v) is 6.23. The van der Waals surface area contributed by atoms with Crippen LogP contribution in [0.4, 0.5) is 11.4 Å². The quantitative estimate of drug-likeness (QED) is 0.284. The fourth-order valence-corrected chi connectivity index (χ4v) is 4.46. The number of hydrogen-bond donors (Lipinski definition) is 1. The Morgan fingerprint density at radius 3 is 2.47 bits per heavy atom. The number of nitrogens with one attached hydrogen (secondary N) is 1. The highest BCUT2D eigenvalue weighted by molar-refractivity contribution is 7.93. The SMILES string of the molecule is COCCCNC(=O)CN(c1ccc(OC)cc1OC)S(=O)(=O)c1ccccc1[N+](=O)[O-]. The van der Waals surface area contributed by atoms with Gasteiger partial charge in [0.05, 0.1) is 24.8 Å². The van der Waals surface area contributed by atoms with E-state index in [9.17, 15) is 23.3 Å². The second kappa shape index (κ2) is 11.3. The normalized spacial score (nSPS) is 11.0. The van der Waals surface area contributed by atoms with E-state index in [0.29, 0.717) is 18.8 Å².